The zero-order chi connectivity index (χ0) is 23.1. The van der Waals surface area contributed by atoms with Crippen molar-refractivity contribution in [1.82, 2.24) is 19.5 Å². The lowest BCUT2D eigenvalue weighted by molar-refractivity contribution is -0.213. The Morgan fingerprint density at radius 3 is 2.55 bits per heavy atom. The molecule has 2 unspecified atom stereocenters. The van der Waals surface area contributed by atoms with E-state index < -0.39 is 37.3 Å². The Morgan fingerprint density at radius 1 is 1.29 bits per heavy atom. The fourth-order valence-corrected chi connectivity index (χ4v) is 4.08. The zero-order valence-electron chi connectivity index (χ0n) is 18.5. The molecule has 0 amide bonds. The van der Waals surface area contributed by atoms with Gasteiger partial charge in [-0.15, -0.1) is 0 Å². The first-order valence-corrected chi connectivity index (χ1v) is 11.4. The van der Waals surface area contributed by atoms with Crippen molar-refractivity contribution in [2.75, 3.05) is 25.2 Å². The van der Waals surface area contributed by atoms with E-state index in [4.69, 9.17) is 30.2 Å². The maximum absolute atomic E-state index is 12.8. The Balaban J connectivity index is 2.01. The summed E-state index contributed by atoms with van der Waals surface area (Å²) < 4.78 is 37.6. The van der Waals surface area contributed by atoms with E-state index in [0.717, 1.165) is 0 Å². The number of fused-ring (bicyclic) bond motifs is 1. The van der Waals surface area contributed by atoms with Crippen LogP contribution >= 0.6 is 7.60 Å². The summed E-state index contributed by atoms with van der Waals surface area (Å²) in [5.74, 6) is 0.0977. The minimum absolute atomic E-state index is 0.0250. The number of nitrogens with zero attached hydrogens (tertiary/aromatic N) is 4. The van der Waals surface area contributed by atoms with Crippen molar-refractivity contribution in [2.45, 2.75) is 70.4 Å². The van der Waals surface area contributed by atoms with Gasteiger partial charge in [-0.2, -0.15) is 9.97 Å². The summed E-state index contributed by atoms with van der Waals surface area (Å²) in [6, 6.07) is 0. The zero-order valence-corrected chi connectivity index (χ0v) is 19.4. The highest BCUT2D eigenvalue weighted by Gasteiger charge is 2.50. The molecule has 0 aliphatic carbocycles. The van der Waals surface area contributed by atoms with Gasteiger partial charge in [-0.05, 0) is 13.8 Å². The first kappa shape index (κ1) is 23.8. The molecule has 1 fully saturated rings. The molecule has 3 heterocycles. The van der Waals surface area contributed by atoms with Crippen molar-refractivity contribution < 1.29 is 28.2 Å². The molecule has 5 atom stereocenters. The monoisotopic (exact) mass is 457 g/mol. The molecule has 3 rings (SSSR count). The number of methoxy groups -OCH3 is 1. The molecule has 1 aliphatic heterocycles. The van der Waals surface area contributed by atoms with Gasteiger partial charge >= 0.3 is 0 Å². The number of nitrogen functional groups attached to an aromatic ring is 2. The Morgan fingerprint density at radius 2 is 1.97 bits per heavy atom. The van der Waals surface area contributed by atoms with E-state index in [1.165, 1.54) is 13.4 Å². The average molecular weight is 457 g/mol. The van der Waals surface area contributed by atoms with Crippen LogP contribution in [-0.2, 0) is 23.3 Å². The standard InChI is InChI=1S/C18H31N6O6P/c1-9(2)28-7-10-12(30-31(25,26)18(3,4)5)13(27-6)16(29-10)24-8-21-11-14(19)22-17(20)23-15(11)24/h8-10,12-13,16H,7H2,1-6H3,(H,25,26)(H4,19,20,22,23)/p-1/t10-,12+,13?,16-/m1/s1. The maximum Gasteiger partial charge on any atom is 0.224 e. The largest absolute Gasteiger partial charge is 0.778 e. The molecule has 1 saturated heterocycles. The number of hydrogen-bond donors (Lipinski definition) is 2. The highest BCUT2D eigenvalue weighted by Crippen LogP contribution is 2.54. The van der Waals surface area contributed by atoms with Crippen molar-refractivity contribution in [2.24, 2.45) is 0 Å². The van der Waals surface area contributed by atoms with E-state index in [-0.39, 0.29) is 24.5 Å². The number of anilines is 2. The van der Waals surface area contributed by atoms with Crippen LogP contribution in [0.3, 0.4) is 0 Å². The Bertz CT molecular complexity index is 976. The molecule has 31 heavy (non-hydrogen) atoms. The second-order valence-corrected chi connectivity index (χ2v) is 11.2. The van der Waals surface area contributed by atoms with Crippen LogP contribution in [0.2, 0.25) is 0 Å². The number of hydrogen-bond acceptors (Lipinski definition) is 11. The van der Waals surface area contributed by atoms with Crippen LogP contribution in [0.15, 0.2) is 6.33 Å². The highest BCUT2D eigenvalue weighted by molar-refractivity contribution is 7.53. The third-order valence-corrected chi connectivity index (χ3v) is 7.14. The lowest BCUT2D eigenvalue weighted by atomic mass is 10.1. The summed E-state index contributed by atoms with van der Waals surface area (Å²) in [6.07, 6.45) is -1.92. The molecule has 12 nitrogen and oxygen atoms in total. The van der Waals surface area contributed by atoms with Gasteiger partial charge in [-0.25, -0.2) is 4.98 Å². The maximum atomic E-state index is 12.8. The van der Waals surface area contributed by atoms with Crippen molar-refractivity contribution in [3.8, 4) is 0 Å². The predicted octanol–water partition coefficient (Wildman–Crippen LogP) is 1.07. The van der Waals surface area contributed by atoms with E-state index in [1.807, 2.05) is 13.8 Å². The molecule has 4 N–H and O–H groups in total. The summed E-state index contributed by atoms with van der Waals surface area (Å²) in [5.41, 5.74) is 12.3. The lowest BCUT2D eigenvalue weighted by Crippen LogP contribution is -2.40. The van der Waals surface area contributed by atoms with Crippen LogP contribution in [0, 0.1) is 0 Å². The summed E-state index contributed by atoms with van der Waals surface area (Å²) >= 11 is 0. The third-order valence-electron chi connectivity index (χ3n) is 4.97. The SMILES string of the molecule is COC1[C@@H](OP(=O)([O-])C(C)(C)C)[C@@H](COC(C)C)O[C@H]1n1cnc2c(N)nc(N)nc21. The average Bonchev–Trinajstić information content (AvgIpc) is 3.19. The first-order valence-electron chi connectivity index (χ1n) is 9.90. The van der Waals surface area contributed by atoms with Crippen LogP contribution in [0.1, 0.15) is 40.8 Å². The van der Waals surface area contributed by atoms with Gasteiger partial charge in [0.25, 0.3) is 0 Å². The summed E-state index contributed by atoms with van der Waals surface area (Å²) in [5, 5.41) is -1.11. The molecule has 0 saturated carbocycles. The van der Waals surface area contributed by atoms with Crippen molar-refractivity contribution in [3.63, 3.8) is 0 Å². The predicted molar refractivity (Wildman–Crippen MR) is 112 cm³/mol. The normalized spacial score (nSPS) is 26.6. The minimum atomic E-state index is -4.28. The molecular formula is C18H30N6O6P-. The molecule has 0 aromatic carbocycles. The molecule has 2 aromatic rings. The molecule has 174 valence electrons. The van der Waals surface area contributed by atoms with Crippen LogP contribution in [0.4, 0.5) is 11.8 Å². The molecule has 0 spiro atoms. The van der Waals surface area contributed by atoms with Crippen molar-refractivity contribution >= 4 is 30.5 Å². The van der Waals surface area contributed by atoms with Gasteiger partial charge < -0.3 is 39.7 Å². The van der Waals surface area contributed by atoms with Crippen LogP contribution in [0.5, 0.6) is 0 Å². The first-order chi connectivity index (χ1) is 14.4. The van der Waals surface area contributed by atoms with E-state index in [0.29, 0.717) is 11.2 Å². The van der Waals surface area contributed by atoms with Gasteiger partial charge in [0.05, 0.1) is 19.0 Å². The van der Waals surface area contributed by atoms with Gasteiger partial charge in [0.15, 0.2) is 17.7 Å². The van der Waals surface area contributed by atoms with Gasteiger partial charge in [-0.1, -0.05) is 20.8 Å². The van der Waals surface area contributed by atoms with Crippen molar-refractivity contribution in [1.29, 1.82) is 0 Å². The second-order valence-electron chi connectivity index (χ2n) is 8.68. The summed E-state index contributed by atoms with van der Waals surface area (Å²) in [6.45, 7) is 8.56. The molecule has 13 heteroatoms. The lowest BCUT2D eigenvalue weighted by Gasteiger charge is -2.39. The van der Waals surface area contributed by atoms with Gasteiger partial charge in [-0.3, -0.25) is 4.57 Å². The van der Waals surface area contributed by atoms with Gasteiger partial charge in [0.2, 0.25) is 5.95 Å². The van der Waals surface area contributed by atoms with Crippen LogP contribution < -0.4 is 16.4 Å². The molecular weight excluding hydrogens is 427 g/mol. The molecule has 2 aromatic heterocycles. The fourth-order valence-electron chi connectivity index (χ4n) is 3.19. The van der Waals surface area contributed by atoms with Crippen LogP contribution in [0.25, 0.3) is 11.2 Å². The van der Waals surface area contributed by atoms with E-state index in [9.17, 15) is 9.46 Å². The van der Waals surface area contributed by atoms with Gasteiger partial charge in [0.1, 0.15) is 31.4 Å². The third kappa shape index (κ3) is 4.69. The van der Waals surface area contributed by atoms with Crippen molar-refractivity contribution in [3.05, 3.63) is 6.33 Å². The van der Waals surface area contributed by atoms with Crippen LogP contribution in [-0.4, -0.2) is 62.8 Å². The molecule has 0 radical (unpaired) electrons. The Hall–Kier alpha value is -1.82. The van der Waals surface area contributed by atoms with E-state index >= 15 is 0 Å². The summed E-state index contributed by atoms with van der Waals surface area (Å²) in [7, 11) is -2.83. The number of aromatic nitrogens is 4. The topological polar surface area (TPSA) is 173 Å². The minimum Gasteiger partial charge on any atom is -0.778 e. The van der Waals surface area contributed by atoms with E-state index in [2.05, 4.69) is 15.0 Å². The quantitative estimate of drug-likeness (QED) is 0.569. The molecule has 0 bridgehead atoms. The second kappa shape index (κ2) is 8.61. The summed E-state index contributed by atoms with van der Waals surface area (Å²) in [4.78, 5) is 25.2. The number of rotatable bonds is 7. The fraction of sp³-hybridized carbons (Fsp3) is 0.722. The number of ether oxygens (including phenoxy) is 3. The number of imidazole rings is 1. The number of nitrogens with two attached hydrogens (primary N) is 2. The Kier molecular flexibility index (Phi) is 6.62. The molecule has 1 aliphatic rings. The Labute approximate surface area is 180 Å². The smallest absolute Gasteiger partial charge is 0.224 e. The van der Waals surface area contributed by atoms with E-state index in [1.54, 1.807) is 25.3 Å². The highest BCUT2D eigenvalue weighted by atomic mass is 31.2. The van der Waals surface area contributed by atoms with Gasteiger partial charge in [0, 0.05) is 12.3 Å².